The minimum absolute atomic E-state index is 0.00957. The van der Waals surface area contributed by atoms with Gasteiger partial charge in [-0.15, -0.1) is 11.8 Å². The summed E-state index contributed by atoms with van der Waals surface area (Å²) in [6.45, 7) is 7.07. The maximum Gasteiger partial charge on any atom is 0.263 e. The number of nitrogens with one attached hydrogen (secondary N) is 3. The van der Waals surface area contributed by atoms with E-state index in [1.807, 2.05) is 4.90 Å². The van der Waals surface area contributed by atoms with Gasteiger partial charge in [-0.2, -0.15) is 0 Å². The summed E-state index contributed by atoms with van der Waals surface area (Å²) in [6, 6.07) is 11.5. The summed E-state index contributed by atoms with van der Waals surface area (Å²) in [5, 5.41) is 8.64. The van der Waals surface area contributed by atoms with Crippen molar-refractivity contribution < 1.29 is 37.9 Å². The van der Waals surface area contributed by atoms with E-state index in [4.69, 9.17) is 16.3 Å². The van der Waals surface area contributed by atoms with Gasteiger partial charge < -0.3 is 20.3 Å². The van der Waals surface area contributed by atoms with Crippen LogP contribution in [0.2, 0.25) is 5.02 Å². The third-order valence-corrected chi connectivity index (χ3v) is 11.3. The Balaban J connectivity index is 0.883. The predicted molar refractivity (Wildman–Crippen MR) is 215 cm³/mol. The fourth-order valence-corrected chi connectivity index (χ4v) is 8.19. The zero-order valence-corrected chi connectivity index (χ0v) is 32.7. The minimum atomic E-state index is -1.05. The van der Waals surface area contributed by atoms with Crippen molar-refractivity contribution in [1.29, 1.82) is 0 Å². The van der Waals surface area contributed by atoms with E-state index >= 15 is 0 Å². The minimum Gasteiger partial charge on any atom is -0.491 e. The third kappa shape index (κ3) is 8.80. The van der Waals surface area contributed by atoms with Crippen LogP contribution in [0.15, 0.2) is 72.4 Å². The topological polar surface area (TPSA) is 183 Å². The molecule has 1 atom stereocenters. The third-order valence-electron chi connectivity index (χ3n) is 9.97. The van der Waals surface area contributed by atoms with Crippen LogP contribution in [0, 0.1) is 5.82 Å². The lowest BCUT2D eigenvalue weighted by Crippen LogP contribution is -2.54. The molecule has 2 saturated heterocycles. The number of carbonyl (C=O) groups excluding carboxylic acids is 6. The number of amides is 6. The summed E-state index contributed by atoms with van der Waals surface area (Å²) in [4.78, 5) is 90.3. The number of hydrogen-bond donors (Lipinski definition) is 3. The van der Waals surface area contributed by atoms with Crippen molar-refractivity contribution in [2.75, 3.05) is 55.7 Å². The monoisotopic (exact) mass is 828 g/mol. The Morgan fingerprint density at radius 2 is 1.86 bits per heavy atom. The molecule has 7 rings (SSSR count). The summed E-state index contributed by atoms with van der Waals surface area (Å²) in [7, 11) is 0. The van der Waals surface area contributed by atoms with Crippen LogP contribution in [0.5, 0.6) is 5.75 Å². The average Bonchev–Trinajstić information content (AvgIpc) is 3.47. The van der Waals surface area contributed by atoms with Gasteiger partial charge in [0.2, 0.25) is 23.6 Å². The van der Waals surface area contributed by atoms with Gasteiger partial charge in [-0.3, -0.25) is 43.9 Å². The highest BCUT2D eigenvalue weighted by molar-refractivity contribution is 7.99. The highest BCUT2D eigenvalue weighted by atomic mass is 35.5. The van der Waals surface area contributed by atoms with Crippen molar-refractivity contribution in [2.45, 2.75) is 36.6 Å². The smallest absolute Gasteiger partial charge is 0.263 e. The molecule has 6 amide bonds. The van der Waals surface area contributed by atoms with Crippen LogP contribution in [0.25, 0.3) is 10.9 Å². The number of halogens is 2. The number of ether oxygens (including phenoxy) is 1. The fourth-order valence-electron chi connectivity index (χ4n) is 7.00. The van der Waals surface area contributed by atoms with Gasteiger partial charge >= 0.3 is 0 Å². The number of benzene rings is 3. The molecule has 0 saturated carbocycles. The van der Waals surface area contributed by atoms with Crippen LogP contribution in [-0.2, 0) is 19.2 Å². The first-order valence-electron chi connectivity index (χ1n) is 18.5. The first-order valence-corrected chi connectivity index (χ1v) is 19.9. The van der Waals surface area contributed by atoms with Crippen LogP contribution >= 0.6 is 23.4 Å². The molecule has 3 N–H and O–H groups in total. The molecular weight excluding hydrogens is 791 g/mol. The molecule has 18 heteroatoms. The van der Waals surface area contributed by atoms with Crippen molar-refractivity contribution in [2.24, 2.45) is 0 Å². The largest absolute Gasteiger partial charge is 0.491 e. The molecule has 0 bridgehead atoms. The molecule has 58 heavy (non-hydrogen) atoms. The van der Waals surface area contributed by atoms with E-state index in [2.05, 4.69) is 37.4 Å². The van der Waals surface area contributed by atoms with E-state index in [1.165, 1.54) is 36.3 Å². The van der Waals surface area contributed by atoms with Crippen molar-refractivity contribution in [3.8, 4) is 5.75 Å². The molecular formula is C40H38ClFN8O7S. The second-order valence-corrected chi connectivity index (χ2v) is 15.2. The Kier molecular flexibility index (Phi) is 12.3. The zero-order chi connectivity index (χ0) is 40.9. The van der Waals surface area contributed by atoms with E-state index < -0.39 is 41.4 Å². The van der Waals surface area contributed by atoms with Crippen LogP contribution < -0.4 is 20.7 Å². The molecule has 3 aliphatic rings. The second-order valence-electron chi connectivity index (χ2n) is 13.7. The van der Waals surface area contributed by atoms with Crippen LogP contribution in [0.3, 0.4) is 0 Å². The molecule has 15 nitrogen and oxygen atoms in total. The van der Waals surface area contributed by atoms with Crippen molar-refractivity contribution in [1.82, 2.24) is 30.0 Å². The molecule has 0 aliphatic carbocycles. The van der Waals surface area contributed by atoms with Gasteiger partial charge in [0.25, 0.3) is 11.8 Å². The Bertz CT molecular complexity index is 2340. The summed E-state index contributed by atoms with van der Waals surface area (Å²) in [5.74, 6) is -2.01. The van der Waals surface area contributed by atoms with Crippen LogP contribution in [0.4, 0.5) is 21.6 Å². The van der Waals surface area contributed by atoms with Crippen molar-refractivity contribution in [3.63, 3.8) is 0 Å². The first kappa shape index (κ1) is 40.3. The number of anilines is 3. The lowest BCUT2D eigenvalue weighted by molar-refractivity contribution is -0.136. The number of rotatable bonds is 14. The Morgan fingerprint density at radius 3 is 2.62 bits per heavy atom. The number of carbonyl (C=O) groups is 6. The fraction of sp³-hybridized carbons (Fsp3) is 0.300. The highest BCUT2D eigenvalue weighted by Gasteiger charge is 2.45. The Labute approximate surface area is 341 Å². The highest BCUT2D eigenvalue weighted by Crippen LogP contribution is 2.36. The van der Waals surface area contributed by atoms with E-state index in [0.717, 1.165) is 17.5 Å². The van der Waals surface area contributed by atoms with Crippen molar-refractivity contribution >= 4 is 86.9 Å². The second kappa shape index (κ2) is 17.7. The van der Waals surface area contributed by atoms with Crippen LogP contribution in [-0.4, -0.2) is 111 Å². The number of nitrogens with zero attached hydrogens (tertiary/aromatic N) is 5. The average molecular weight is 829 g/mol. The molecule has 0 spiro atoms. The number of piperidine rings is 1. The maximum atomic E-state index is 13.7. The summed E-state index contributed by atoms with van der Waals surface area (Å²) in [5.41, 5.74) is 1.87. The van der Waals surface area contributed by atoms with Gasteiger partial charge in [-0.05, 0) is 55.3 Å². The van der Waals surface area contributed by atoms with Gasteiger partial charge in [0.1, 0.15) is 29.8 Å². The number of imide groups is 2. The zero-order valence-electron chi connectivity index (χ0n) is 31.1. The van der Waals surface area contributed by atoms with Crippen LogP contribution in [0.1, 0.15) is 46.4 Å². The summed E-state index contributed by atoms with van der Waals surface area (Å²) >= 11 is 7.27. The predicted octanol–water partition coefficient (Wildman–Crippen LogP) is 4.79. The molecule has 0 radical (unpaired) electrons. The normalized spacial score (nSPS) is 17.0. The van der Waals surface area contributed by atoms with Gasteiger partial charge in [0, 0.05) is 73.4 Å². The number of hydrogen-bond acceptors (Lipinski definition) is 12. The van der Waals surface area contributed by atoms with E-state index in [9.17, 15) is 33.2 Å². The SMILES string of the molecule is C=CC(=O)Nc1cc2c(Nc3ccc(F)c(Cl)c3)ncnc2cc1OCCCN1CCN(C(=O)CCSc2cccc3c2C(=O)N(C2CCC(=O)NC2=O)C3=O)CC1. The van der Waals surface area contributed by atoms with Gasteiger partial charge in [-0.25, -0.2) is 14.4 Å². The Hall–Kier alpha value is -5.91. The molecule has 4 aromatic rings. The maximum absolute atomic E-state index is 13.7. The number of thioether (sulfide) groups is 1. The van der Waals surface area contributed by atoms with Gasteiger partial charge in [0.05, 0.1) is 34.0 Å². The van der Waals surface area contributed by atoms with Gasteiger partial charge in [-0.1, -0.05) is 24.2 Å². The lowest BCUT2D eigenvalue weighted by atomic mass is 10.0. The summed E-state index contributed by atoms with van der Waals surface area (Å²) < 4.78 is 19.9. The number of fused-ring (bicyclic) bond motifs is 2. The summed E-state index contributed by atoms with van der Waals surface area (Å²) in [6.07, 6.45) is 3.55. The van der Waals surface area contributed by atoms with E-state index in [0.29, 0.717) is 83.7 Å². The number of aromatic nitrogens is 2. The molecule has 4 heterocycles. The van der Waals surface area contributed by atoms with Crippen molar-refractivity contribution in [3.05, 3.63) is 89.5 Å². The first-order chi connectivity index (χ1) is 28.0. The van der Waals surface area contributed by atoms with Gasteiger partial charge in [0.15, 0.2) is 0 Å². The molecule has 3 aliphatic heterocycles. The number of piperazine rings is 1. The Morgan fingerprint density at radius 1 is 1.05 bits per heavy atom. The lowest BCUT2D eigenvalue weighted by Gasteiger charge is -2.34. The molecule has 1 aromatic heterocycles. The van der Waals surface area contributed by atoms with E-state index in [-0.39, 0.29) is 41.3 Å². The van der Waals surface area contributed by atoms with E-state index in [1.54, 1.807) is 30.3 Å². The molecule has 3 aromatic carbocycles. The molecule has 1 unspecified atom stereocenters. The molecule has 2 fully saturated rings. The standard InChI is InChI=1S/C40H38ClFN8O7S/c1-2-33(51)46-29-20-25-28(43-22-44-37(25)45-23-7-8-27(42)26(41)19-23)21-31(29)57-17-4-12-48-13-15-49(16-14-48)35(53)11-18-58-32-6-3-5-24-36(32)40(56)50(39(24)55)30-9-10-34(52)47-38(30)54/h2-3,5-8,19-22,30H,1,4,9-18H2,(H,46,51)(H,43,44,45)(H,47,52,54). The quantitative estimate of drug-likeness (QED) is 0.0686. The molecule has 300 valence electrons.